The minimum absolute atomic E-state index is 0. The molecule has 0 bridgehead atoms. The zero-order valence-corrected chi connectivity index (χ0v) is 20.0. The van der Waals surface area contributed by atoms with E-state index in [2.05, 4.69) is 15.6 Å². The standard InChI is InChI=1S/C20H29F3N4O3.HI/c1-3-24-18(26-17-7-9-27(10-8-17)19(28)29-2)25-12-15-5-4-6-16(11-15)13-30-14-20(21,22)23;/h4-6,11,17H,3,7-10,12-14H2,1-2H3,(H2,24,25,26);1H. The molecule has 0 spiro atoms. The number of likely N-dealkylation sites (tertiary alicyclic amines) is 1. The minimum Gasteiger partial charge on any atom is -0.453 e. The topological polar surface area (TPSA) is 75.2 Å². The lowest BCUT2D eigenvalue weighted by molar-refractivity contribution is -0.176. The van der Waals surface area contributed by atoms with Crippen molar-refractivity contribution < 1.29 is 27.4 Å². The van der Waals surface area contributed by atoms with Gasteiger partial charge in [0.25, 0.3) is 0 Å². The van der Waals surface area contributed by atoms with Gasteiger partial charge in [0.1, 0.15) is 6.61 Å². The number of piperidine rings is 1. The van der Waals surface area contributed by atoms with Crippen molar-refractivity contribution in [2.24, 2.45) is 4.99 Å². The molecule has 1 aliphatic heterocycles. The smallest absolute Gasteiger partial charge is 0.411 e. The fourth-order valence-electron chi connectivity index (χ4n) is 3.12. The Morgan fingerprint density at radius 2 is 1.94 bits per heavy atom. The molecule has 176 valence electrons. The second-order valence-electron chi connectivity index (χ2n) is 7.00. The summed E-state index contributed by atoms with van der Waals surface area (Å²) in [5.41, 5.74) is 1.54. The zero-order chi connectivity index (χ0) is 22.0. The molecule has 7 nitrogen and oxygen atoms in total. The summed E-state index contributed by atoms with van der Waals surface area (Å²) in [5, 5.41) is 6.58. The molecule has 0 radical (unpaired) electrons. The van der Waals surface area contributed by atoms with Gasteiger partial charge in [-0.3, -0.25) is 0 Å². The van der Waals surface area contributed by atoms with Gasteiger partial charge in [0.15, 0.2) is 5.96 Å². The molecule has 2 N–H and O–H groups in total. The predicted molar refractivity (Wildman–Crippen MR) is 123 cm³/mol. The van der Waals surface area contributed by atoms with Crippen molar-refractivity contribution in [2.45, 2.75) is 45.1 Å². The summed E-state index contributed by atoms with van der Waals surface area (Å²) in [6.45, 7) is 2.90. The molecule has 1 fully saturated rings. The average Bonchev–Trinajstić information content (AvgIpc) is 2.71. The predicted octanol–water partition coefficient (Wildman–Crippen LogP) is 3.67. The maximum absolute atomic E-state index is 12.2. The summed E-state index contributed by atoms with van der Waals surface area (Å²) in [6, 6.07) is 7.35. The number of alkyl halides is 3. The van der Waals surface area contributed by atoms with Crippen molar-refractivity contribution in [3.05, 3.63) is 35.4 Å². The van der Waals surface area contributed by atoms with Crippen LogP contribution in [0, 0.1) is 0 Å². The van der Waals surface area contributed by atoms with Crippen LogP contribution in [0.4, 0.5) is 18.0 Å². The van der Waals surface area contributed by atoms with Crippen LogP contribution in [0.2, 0.25) is 0 Å². The van der Waals surface area contributed by atoms with Crippen LogP contribution in [0.5, 0.6) is 0 Å². The number of methoxy groups -OCH3 is 1. The number of guanidine groups is 1. The fraction of sp³-hybridized carbons (Fsp3) is 0.600. The summed E-state index contributed by atoms with van der Waals surface area (Å²) in [4.78, 5) is 17.8. The first-order chi connectivity index (χ1) is 14.3. The van der Waals surface area contributed by atoms with Gasteiger partial charge >= 0.3 is 12.3 Å². The number of rotatable bonds is 7. The maximum Gasteiger partial charge on any atom is 0.411 e. The third kappa shape index (κ3) is 10.4. The summed E-state index contributed by atoms with van der Waals surface area (Å²) in [5.74, 6) is 0.660. The second kappa shape index (κ2) is 13.6. The summed E-state index contributed by atoms with van der Waals surface area (Å²) >= 11 is 0. The van der Waals surface area contributed by atoms with Crippen LogP contribution in [0.3, 0.4) is 0 Å². The van der Waals surface area contributed by atoms with E-state index < -0.39 is 12.8 Å². The number of amides is 1. The second-order valence-corrected chi connectivity index (χ2v) is 7.00. The van der Waals surface area contributed by atoms with Gasteiger partial charge in [-0.1, -0.05) is 24.3 Å². The quantitative estimate of drug-likeness (QED) is 0.304. The Morgan fingerprint density at radius 3 is 2.55 bits per heavy atom. The fourth-order valence-corrected chi connectivity index (χ4v) is 3.12. The van der Waals surface area contributed by atoms with E-state index in [0.717, 1.165) is 18.4 Å². The van der Waals surface area contributed by atoms with E-state index in [1.165, 1.54) is 7.11 Å². The van der Waals surface area contributed by atoms with E-state index >= 15 is 0 Å². The number of ether oxygens (including phenoxy) is 2. The van der Waals surface area contributed by atoms with Crippen LogP contribution in [0.1, 0.15) is 30.9 Å². The van der Waals surface area contributed by atoms with E-state index in [0.29, 0.717) is 37.7 Å². The van der Waals surface area contributed by atoms with E-state index in [1.807, 2.05) is 13.0 Å². The van der Waals surface area contributed by atoms with E-state index in [4.69, 9.17) is 9.47 Å². The summed E-state index contributed by atoms with van der Waals surface area (Å²) < 4.78 is 46.1. The number of carbonyl (C=O) groups excluding carboxylic acids is 1. The molecule has 11 heteroatoms. The van der Waals surface area contributed by atoms with Gasteiger partial charge in [-0.05, 0) is 30.9 Å². The molecule has 1 saturated heterocycles. The monoisotopic (exact) mass is 558 g/mol. The minimum atomic E-state index is -4.33. The van der Waals surface area contributed by atoms with E-state index in [-0.39, 0.29) is 42.7 Å². The molecule has 31 heavy (non-hydrogen) atoms. The SMILES string of the molecule is CCNC(=NCc1cccc(COCC(F)(F)F)c1)NC1CCN(C(=O)OC)CC1.I. The largest absolute Gasteiger partial charge is 0.453 e. The molecule has 1 aromatic carbocycles. The molecular formula is C20H30F3IN4O3. The highest BCUT2D eigenvalue weighted by Gasteiger charge is 2.27. The molecule has 1 aliphatic rings. The average molecular weight is 558 g/mol. The van der Waals surface area contributed by atoms with Crippen molar-refractivity contribution in [3.63, 3.8) is 0 Å². The number of hydrogen-bond donors (Lipinski definition) is 2. The molecule has 2 rings (SSSR count). The van der Waals surface area contributed by atoms with Crippen molar-refractivity contribution in [1.82, 2.24) is 15.5 Å². The van der Waals surface area contributed by atoms with Crippen molar-refractivity contribution >= 4 is 36.0 Å². The van der Waals surface area contributed by atoms with Crippen LogP contribution < -0.4 is 10.6 Å². The van der Waals surface area contributed by atoms with Crippen LogP contribution in [-0.2, 0) is 22.6 Å². The molecular weight excluding hydrogens is 528 g/mol. The molecule has 0 saturated carbocycles. The van der Waals surface area contributed by atoms with Crippen LogP contribution >= 0.6 is 24.0 Å². The number of nitrogens with one attached hydrogen (secondary N) is 2. The number of hydrogen-bond acceptors (Lipinski definition) is 4. The first kappa shape index (κ1) is 27.3. The molecule has 0 atom stereocenters. The normalized spacial score (nSPS) is 15.3. The van der Waals surface area contributed by atoms with E-state index in [1.54, 1.807) is 23.1 Å². The van der Waals surface area contributed by atoms with Crippen LogP contribution in [0.15, 0.2) is 29.3 Å². The Kier molecular flexibility index (Phi) is 12.0. The highest BCUT2D eigenvalue weighted by Crippen LogP contribution is 2.16. The Balaban J connectivity index is 0.00000480. The van der Waals surface area contributed by atoms with Gasteiger partial charge in [0.2, 0.25) is 0 Å². The molecule has 0 aliphatic carbocycles. The van der Waals surface area contributed by atoms with E-state index in [9.17, 15) is 18.0 Å². The van der Waals surface area contributed by atoms with Gasteiger partial charge in [-0.25, -0.2) is 9.79 Å². The van der Waals surface area contributed by atoms with Crippen molar-refractivity contribution in [3.8, 4) is 0 Å². The van der Waals surface area contributed by atoms with Gasteiger partial charge in [-0.2, -0.15) is 13.2 Å². The Labute approximate surface area is 197 Å². The number of nitrogens with zero attached hydrogens (tertiary/aromatic N) is 2. The molecule has 1 aromatic rings. The highest BCUT2D eigenvalue weighted by molar-refractivity contribution is 14.0. The molecule has 0 aromatic heterocycles. The number of benzene rings is 1. The van der Waals surface area contributed by atoms with Crippen molar-refractivity contribution in [1.29, 1.82) is 0 Å². The van der Waals surface area contributed by atoms with Gasteiger partial charge in [0.05, 0.1) is 20.3 Å². The maximum atomic E-state index is 12.2. The van der Waals surface area contributed by atoms with Crippen molar-refractivity contribution in [2.75, 3.05) is 33.4 Å². The number of carbonyl (C=O) groups is 1. The van der Waals surface area contributed by atoms with Gasteiger partial charge < -0.3 is 25.0 Å². The van der Waals surface area contributed by atoms with Gasteiger partial charge in [0, 0.05) is 25.7 Å². The molecule has 1 heterocycles. The Bertz CT molecular complexity index is 711. The zero-order valence-electron chi connectivity index (χ0n) is 17.7. The molecule has 1 amide bonds. The summed E-state index contributed by atoms with van der Waals surface area (Å²) in [7, 11) is 1.38. The van der Waals surface area contributed by atoms with Gasteiger partial charge in [-0.15, -0.1) is 24.0 Å². The number of aliphatic imine (C=N–C) groups is 1. The Hall–Kier alpha value is -1.76. The number of halogens is 4. The third-order valence-electron chi connectivity index (χ3n) is 4.56. The van der Waals surface area contributed by atoms with Crippen LogP contribution in [-0.4, -0.2) is 62.5 Å². The lowest BCUT2D eigenvalue weighted by atomic mass is 10.1. The molecule has 0 unspecified atom stereocenters. The lowest BCUT2D eigenvalue weighted by Gasteiger charge is -2.32. The first-order valence-corrected chi connectivity index (χ1v) is 9.90. The summed E-state index contributed by atoms with van der Waals surface area (Å²) in [6.07, 6.45) is -3.08. The Morgan fingerprint density at radius 1 is 1.26 bits per heavy atom. The first-order valence-electron chi connectivity index (χ1n) is 9.90. The third-order valence-corrected chi connectivity index (χ3v) is 4.56. The highest BCUT2D eigenvalue weighted by atomic mass is 127. The lowest BCUT2D eigenvalue weighted by Crippen LogP contribution is -2.49. The van der Waals surface area contributed by atoms with Crippen LogP contribution in [0.25, 0.3) is 0 Å².